The first kappa shape index (κ1) is 11.8. The van der Waals surface area contributed by atoms with Gasteiger partial charge in [-0.05, 0) is 20.9 Å². The summed E-state index contributed by atoms with van der Waals surface area (Å²) in [6, 6.07) is 0.405. The Morgan fingerprint density at radius 3 is 2.00 bits per heavy atom. The zero-order valence-corrected chi connectivity index (χ0v) is 8.84. The summed E-state index contributed by atoms with van der Waals surface area (Å²) in [4.78, 5) is 2.18. The average Bonchev–Trinajstić information content (AvgIpc) is 2.05. The Morgan fingerprint density at radius 2 is 1.58 bits per heavy atom. The number of piperazine rings is 1. The van der Waals surface area contributed by atoms with E-state index in [1.807, 2.05) is 34.7 Å². The van der Waals surface area contributed by atoms with Crippen molar-refractivity contribution < 1.29 is 4.48 Å². The summed E-state index contributed by atoms with van der Waals surface area (Å²) in [6.07, 6.45) is 0. The molecule has 0 aromatic rings. The molecule has 74 valence electrons. The lowest BCUT2D eigenvalue weighted by molar-refractivity contribution is -0.0763. The maximum absolute atomic E-state index is 12.8. The van der Waals surface area contributed by atoms with Gasteiger partial charge in [-0.15, -0.1) is 9.60 Å². The highest BCUT2D eigenvalue weighted by atomic mass is 19.2. The van der Waals surface area contributed by atoms with Gasteiger partial charge in [-0.25, -0.2) is 0 Å². The monoisotopic (exact) mass is 176 g/mol. The second kappa shape index (κ2) is 5.49. The van der Waals surface area contributed by atoms with Gasteiger partial charge in [-0.3, -0.25) is 0 Å². The van der Waals surface area contributed by atoms with Crippen molar-refractivity contribution in [1.82, 2.24) is 10.0 Å². The molecule has 0 saturated carbocycles. The molecular formula is C9H21FN2. The van der Waals surface area contributed by atoms with E-state index in [4.69, 9.17) is 0 Å². The summed E-state index contributed by atoms with van der Waals surface area (Å²) in [5, 5.41) is 0.921. The van der Waals surface area contributed by atoms with Gasteiger partial charge in [-0.1, -0.05) is 13.8 Å². The van der Waals surface area contributed by atoms with Crippen molar-refractivity contribution >= 4 is 0 Å². The van der Waals surface area contributed by atoms with Crippen molar-refractivity contribution in [3.05, 3.63) is 0 Å². The first-order valence-corrected chi connectivity index (χ1v) is 4.74. The lowest BCUT2D eigenvalue weighted by Crippen LogP contribution is -2.51. The van der Waals surface area contributed by atoms with Crippen molar-refractivity contribution in [2.75, 3.05) is 20.1 Å². The van der Waals surface area contributed by atoms with E-state index in [2.05, 4.69) is 4.90 Å². The normalized spacial score (nSPS) is 32.5. The number of likely N-dealkylation sites (N-methyl/N-ethyl adjacent to an activating group) is 1. The second-order valence-corrected chi connectivity index (χ2v) is 3.22. The van der Waals surface area contributed by atoms with Gasteiger partial charge >= 0.3 is 0 Å². The molecule has 0 spiro atoms. The minimum Gasteiger partial charge on any atom is -0.301 e. The van der Waals surface area contributed by atoms with E-state index in [1.165, 1.54) is 0 Å². The molecule has 2 atom stereocenters. The van der Waals surface area contributed by atoms with Crippen LogP contribution >= 0.6 is 0 Å². The van der Waals surface area contributed by atoms with Gasteiger partial charge < -0.3 is 4.90 Å². The molecule has 0 aromatic heterocycles. The van der Waals surface area contributed by atoms with Crippen molar-refractivity contribution in [2.24, 2.45) is 0 Å². The van der Waals surface area contributed by atoms with Crippen LogP contribution in [-0.2, 0) is 0 Å². The van der Waals surface area contributed by atoms with E-state index >= 15 is 0 Å². The van der Waals surface area contributed by atoms with Crippen LogP contribution in [0.25, 0.3) is 0 Å². The van der Waals surface area contributed by atoms with E-state index in [9.17, 15) is 4.48 Å². The van der Waals surface area contributed by atoms with Crippen molar-refractivity contribution in [3.8, 4) is 0 Å². The van der Waals surface area contributed by atoms with E-state index in [-0.39, 0.29) is 6.04 Å². The number of hydrogen-bond acceptors (Lipinski definition) is 2. The molecule has 0 bridgehead atoms. The molecule has 1 rings (SSSR count). The van der Waals surface area contributed by atoms with Gasteiger partial charge in [-0.2, -0.15) is 0 Å². The highest BCUT2D eigenvalue weighted by molar-refractivity contribution is 4.77. The SMILES string of the molecule is CC.CC1CN(F)C(C)CN1C. The topological polar surface area (TPSA) is 6.48 Å². The van der Waals surface area contributed by atoms with Crippen molar-refractivity contribution in [1.29, 1.82) is 0 Å². The molecule has 0 N–H and O–H groups in total. The Morgan fingerprint density at radius 1 is 1.08 bits per heavy atom. The highest BCUT2D eigenvalue weighted by Crippen LogP contribution is 2.12. The van der Waals surface area contributed by atoms with Crippen LogP contribution in [0, 0.1) is 0 Å². The third-order valence-electron chi connectivity index (χ3n) is 2.22. The summed E-state index contributed by atoms with van der Waals surface area (Å²) in [5.74, 6) is 0. The Hall–Kier alpha value is -0.150. The average molecular weight is 176 g/mol. The molecule has 0 amide bonds. The number of rotatable bonds is 0. The largest absolute Gasteiger partial charge is 0.301 e. The molecule has 0 aromatic carbocycles. The Labute approximate surface area is 75.3 Å². The molecule has 1 saturated heterocycles. The molecule has 1 fully saturated rings. The molecular weight excluding hydrogens is 155 g/mol. The van der Waals surface area contributed by atoms with Crippen LogP contribution < -0.4 is 0 Å². The van der Waals surface area contributed by atoms with Crippen LogP contribution in [0.2, 0.25) is 0 Å². The van der Waals surface area contributed by atoms with Crippen LogP contribution in [-0.4, -0.2) is 42.2 Å². The summed E-state index contributed by atoms with van der Waals surface area (Å²) >= 11 is 0. The molecule has 3 heteroatoms. The lowest BCUT2D eigenvalue weighted by Gasteiger charge is -2.37. The fraction of sp³-hybridized carbons (Fsp3) is 1.00. The van der Waals surface area contributed by atoms with Gasteiger partial charge in [0.25, 0.3) is 0 Å². The maximum Gasteiger partial charge on any atom is 0.0502 e. The highest BCUT2D eigenvalue weighted by Gasteiger charge is 2.26. The first-order chi connectivity index (χ1) is 5.61. The van der Waals surface area contributed by atoms with Gasteiger partial charge in [0.15, 0.2) is 0 Å². The fourth-order valence-corrected chi connectivity index (χ4v) is 1.26. The smallest absolute Gasteiger partial charge is 0.0502 e. The Bertz CT molecular complexity index is 93.1. The standard InChI is InChI=1S/C7H15FN2.C2H6/c1-6-5-10(8)7(2)4-9(6)3;1-2/h6-7H,4-5H2,1-3H3;1-2H3. The quantitative estimate of drug-likeness (QED) is 0.520. The molecule has 1 aliphatic rings. The van der Waals surface area contributed by atoms with E-state index in [1.54, 1.807) is 0 Å². The zero-order valence-electron chi connectivity index (χ0n) is 8.84. The third kappa shape index (κ3) is 3.07. The summed E-state index contributed by atoms with van der Waals surface area (Å²) < 4.78 is 12.8. The van der Waals surface area contributed by atoms with Crippen LogP contribution in [0.15, 0.2) is 0 Å². The van der Waals surface area contributed by atoms with Crippen molar-refractivity contribution in [2.45, 2.75) is 39.8 Å². The van der Waals surface area contributed by atoms with Crippen LogP contribution in [0.3, 0.4) is 0 Å². The molecule has 2 unspecified atom stereocenters. The first-order valence-electron chi connectivity index (χ1n) is 4.74. The minimum absolute atomic E-state index is 0.0567. The summed E-state index contributed by atoms with van der Waals surface area (Å²) in [6.45, 7) is 9.32. The number of hydrogen-bond donors (Lipinski definition) is 0. The summed E-state index contributed by atoms with van der Waals surface area (Å²) in [5.41, 5.74) is 0. The molecule has 2 nitrogen and oxygen atoms in total. The zero-order chi connectivity index (χ0) is 9.72. The minimum atomic E-state index is 0.0567. The second-order valence-electron chi connectivity index (χ2n) is 3.22. The fourth-order valence-electron chi connectivity index (χ4n) is 1.26. The predicted octanol–water partition coefficient (Wildman–Crippen LogP) is 1.92. The summed E-state index contributed by atoms with van der Waals surface area (Å²) in [7, 11) is 2.04. The number of halogens is 1. The Kier molecular flexibility index (Phi) is 5.42. The van der Waals surface area contributed by atoms with Crippen LogP contribution in [0.4, 0.5) is 4.48 Å². The molecule has 0 radical (unpaired) electrons. The van der Waals surface area contributed by atoms with E-state index in [0.717, 1.165) is 11.7 Å². The Balaban J connectivity index is 0.000000561. The van der Waals surface area contributed by atoms with Crippen LogP contribution in [0.5, 0.6) is 0 Å². The van der Waals surface area contributed by atoms with E-state index in [0.29, 0.717) is 12.6 Å². The van der Waals surface area contributed by atoms with Gasteiger partial charge in [0.1, 0.15) is 0 Å². The van der Waals surface area contributed by atoms with E-state index < -0.39 is 0 Å². The van der Waals surface area contributed by atoms with Gasteiger partial charge in [0.2, 0.25) is 0 Å². The predicted molar refractivity (Wildman–Crippen MR) is 50.7 cm³/mol. The third-order valence-corrected chi connectivity index (χ3v) is 2.22. The van der Waals surface area contributed by atoms with Crippen LogP contribution in [0.1, 0.15) is 27.7 Å². The lowest BCUT2D eigenvalue weighted by atomic mass is 10.1. The molecule has 1 heterocycles. The van der Waals surface area contributed by atoms with Gasteiger partial charge in [0.05, 0.1) is 6.04 Å². The maximum atomic E-state index is 12.8. The molecule has 0 aliphatic carbocycles. The molecule has 1 aliphatic heterocycles. The van der Waals surface area contributed by atoms with Gasteiger partial charge in [0, 0.05) is 19.1 Å². The number of nitrogens with zero attached hydrogens (tertiary/aromatic N) is 2. The molecule has 12 heavy (non-hydrogen) atoms. The van der Waals surface area contributed by atoms with Crippen molar-refractivity contribution in [3.63, 3.8) is 0 Å².